The summed E-state index contributed by atoms with van der Waals surface area (Å²) in [6, 6.07) is 2.89. The van der Waals surface area contributed by atoms with Crippen LogP contribution in [0.3, 0.4) is 0 Å². The summed E-state index contributed by atoms with van der Waals surface area (Å²) in [7, 11) is 0. The van der Waals surface area contributed by atoms with Gasteiger partial charge in [-0.05, 0) is 65.5 Å². The fraction of sp³-hybridized carbons (Fsp3) is 0.889. The first-order valence-electron chi connectivity index (χ1n) is 8.71. The van der Waals surface area contributed by atoms with E-state index in [0.29, 0.717) is 17.7 Å². The number of hydrogen-bond donors (Lipinski definition) is 0. The van der Waals surface area contributed by atoms with E-state index in [1.807, 2.05) is 13.8 Å². The Morgan fingerprint density at radius 1 is 1.24 bits per heavy atom. The van der Waals surface area contributed by atoms with Crippen LogP contribution < -0.4 is 0 Å². The van der Waals surface area contributed by atoms with Gasteiger partial charge in [0.2, 0.25) is 0 Å². The summed E-state index contributed by atoms with van der Waals surface area (Å²) in [6.07, 6.45) is 10.0. The predicted octanol–water partition coefficient (Wildman–Crippen LogP) is 3.93. The number of Topliss-reactive ketones (excluding diaryl/α,β-unsaturated/α-hetero) is 1. The van der Waals surface area contributed by atoms with Crippen LogP contribution in [0.4, 0.5) is 0 Å². The van der Waals surface area contributed by atoms with Crippen LogP contribution in [0.25, 0.3) is 0 Å². The first-order chi connectivity index (χ1) is 10.0. The van der Waals surface area contributed by atoms with Crippen molar-refractivity contribution in [1.29, 1.82) is 5.26 Å². The van der Waals surface area contributed by atoms with Gasteiger partial charge >= 0.3 is 0 Å². The zero-order valence-electron chi connectivity index (χ0n) is 13.7. The molecule has 0 amide bonds. The number of unbranched alkanes of at least 4 members (excludes halogenated alkanes) is 1. The molecule has 0 bridgehead atoms. The maximum atomic E-state index is 12.1. The molecule has 0 radical (unpaired) electrons. The number of hydrogen-bond acceptors (Lipinski definition) is 3. The standard InChI is InChI=1S/C18H30N2O/c1-18(2,14-19)11-4-6-13-20-12-5-3-9-16(20)15-8-7-10-17(15)21/h15-16H,3-13H2,1-2H3. The second-order valence-corrected chi connectivity index (χ2v) is 7.52. The summed E-state index contributed by atoms with van der Waals surface area (Å²) in [4.78, 5) is 14.6. The van der Waals surface area contributed by atoms with E-state index in [9.17, 15) is 4.79 Å². The van der Waals surface area contributed by atoms with Crippen molar-refractivity contribution in [1.82, 2.24) is 4.90 Å². The number of piperidine rings is 1. The zero-order chi connectivity index (χ0) is 15.3. The van der Waals surface area contributed by atoms with E-state index in [1.165, 1.54) is 19.3 Å². The molecule has 21 heavy (non-hydrogen) atoms. The van der Waals surface area contributed by atoms with Crippen molar-refractivity contribution in [3.63, 3.8) is 0 Å². The van der Waals surface area contributed by atoms with E-state index in [-0.39, 0.29) is 5.41 Å². The van der Waals surface area contributed by atoms with Crippen LogP contribution in [-0.4, -0.2) is 29.8 Å². The molecule has 3 heteroatoms. The lowest BCUT2D eigenvalue weighted by Crippen LogP contribution is -2.45. The van der Waals surface area contributed by atoms with Crippen LogP contribution in [0.5, 0.6) is 0 Å². The summed E-state index contributed by atoms with van der Waals surface area (Å²) in [6.45, 7) is 6.31. The van der Waals surface area contributed by atoms with Crippen LogP contribution in [0.2, 0.25) is 0 Å². The summed E-state index contributed by atoms with van der Waals surface area (Å²) < 4.78 is 0. The van der Waals surface area contributed by atoms with E-state index < -0.39 is 0 Å². The van der Waals surface area contributed by atoms with Gasteiger partial charge in [-0.15, -0.1) is 0 Å². The lowest BCUT2D eigenvalue weighted by molar-refractivity contribution is -0.123. The van der Waals surface area contributed by atoms with Crippen molar-refractivity contribution >= 4 is 5.78 Å². The summed E-state index contributed by atoms with van der Waals surface area (Å²) in [5.74, 6) is 0.832. The molecule has 0 aromatic rings. The third-order valence-electron chi connectivity index (χ3n) is 5.28. The van der Waals surface area contributed by atoms with Gasteiger partial charge in [-0.3, -0.25) is 9.69 Å². The number of rotatable bonds is 6. The fourth-order valence-corrected chi connectivity index (χ4v) is 3.94. The Hall–Kier alpha value is -0.880. The molecule has 118 valence electrons. The van der Waals surface area contributed by atoms with Crippen LogP contribution >= 0.6 is 0 Å². The summed E-state index contributed by atoms with van der Waals surface area (Å²) >= 11 is 0. The second kappa shape index (κ2) is 7.40. The Bertz CT molecular complexity index is 397. The minimum Gasteiger partial charge on any atom is -0.300 e. The number of carbonyl (C=O) groups is 1. The Labute approximate surface area is 129 Å². The van der Waals surface area contributed by atoms with Gasteiger partial charge in [-0.1, -0.05) is 12.8 Å². The summed E-state index contributed by atoms with van der Waals surface area (Å²) in [5.41, 5.74) is -0.192. The minimum absolute atomic E-state index is 0.192. The maximum absolute atomic E-state index is 12.1. The van der Waals surface area contributed by atoms with Gasteiger partial charge in [0.15, 0.2) is 0 Å². The first-order valence-corrected chi connectivity index (χ1v) is 8.71. The molecule has 1 heterocycles. The van der Waals surface area contributed by atoms with Crippen LogP contribution in [-0.2, 0) is 4.79 Å². The topological polar surface area (TPSA) is 44.1 Å². The highest BCUT2D eigenvalue weighted by Gasteiger charge is 2.36. The van der Waals surface area contributed by atoms with Gasteiger partial charge in [0, 0.05) is 18.4 Å². The molecular formula is C18H30N2O. The predicted molar refractivity (Wildman–Crippen MR) is 84.8 cm³/mol. The average molecular weight is 290 g/mol. The van der Waals surface area contributed by atoms with Gasteiger partial charge in [0.25, 0.3) is 0 Å². The molecule has 0 aromatic carbocycles. The number of ketones is 1. The Morgan fingerprint density at radius 2 is 2.05 bits per heavy atom. The normalized spacial score (nSPS) is 27.8. The van der Waals surface area contributed by atoms with Gasteiger partial charge in [0.1, 0.15) is 5.78 Å². The molecule has 0 spiro atoms. The number of carbonyl (C=O) groups excluding carboxylic acids is 1. The Kier molecular flexibility index (Phi) is 5.81. The zero-order valence-corrected chi connectivity index (χ0v) is 13.7. The van der Waals surface area contributed by atoms with Crippen molar-refractivity contribution < 1.29 is 4.79 Å². The van der Waals surface area contributed by atoms with Crippen molar-refractivity contribution in [2.24, 2.45) is 11.3 Å². The molecule has 2 unspecified atom stereocenters. The largest absolute Gasteiger partial charge is 0.300 e. The SMILES string of the molecule is CC(C)(C#N)CCCCN1CCCCC1C1CCCC1=O. The molecule has 2 atom stereocenters. The molecule has 2 fully saturated rings. The highest BCUT2D eigenvalue weighted by molar-refractivity contribution is 5.83. The van der Waals surface area contributed by atoms with E-state index in [4.69, 9.17) is 5.26 Å². The van der Waals surface area contributed by atoms with Crippen molar-refractivity contribution in [3.8, 4) is 6.07 Å². The molecule has 1 aliphatic heterocycles. The highest BCUT2D eigenvalue weighted by Crippen LogP contribution is 2.33. The molecular weight excluding hydrogens is 260 g/mol. The molecule has 1 aliphatic carbocycles. The fourth-order valence-electron chi connectivity index (χ4n) is 3.94. The van der Waals surface area contributed by atoms with E-state index in [2.05, 4.69) is 11.0 Å². The molecule has 2 rings (SSSR count). The first kappa shape index (κ1) is 16.5. The Balaban J connectivity index is 1.80. The third kappa shape index (κ3) is 4.54. The molecule has 0 aromatic heterocycles. The minimum atomic E-state index is -0.192. The number of nitriles is 1. The molecule has 3 nitrogen and oxygen atoms in total. The van der Waals surface area contributed by atoms with E-state index >= 15 is 0 Å². The maximum Gasteiger partial charge on any atom is 0.137 e. The van der Waals surface area contributed by atoms with Gasteiger partial charge in [-0.25, -0.2) is 0 Å². The van der Waals surface area contributed by atoms with Gasteiger partial charge in [0.05, 0.1) is 11.5 Å². The van der Waals surface area contributed by atoms with Crippen molar-refractivity contribution in [2.75, 3.05) is 13.1 Å². The second-order valence-electron chi connectivity index (χ2n) is 7.52. The third-order valence-corrected chi connectivity index (χ3v) is 5.28. The quantitative estimate of drug-likeness (QED) is 0.696. The van der Waals surface area contributed by atoms with Gasteiger partial charge < -0.3 is 0 Å². The number of likely N-dealkylation sites (tertiary alicyclic amines) is 1. The van der Waals surface area contributed by atoms with E-state index in [0.717, 1.165) is 51.6 Å². The highest BCUT2D eigenvalue weighted by atomic mass is 16.1. The van der Waals surface area contributed by atoms with Crippen molar-refractivity contribution in [2.45, 2.75) is 77.7 Å². The van der Waals surface area contributed by atoms with E-state index in [1.54, 1.807) is 0 Å². The van der Waals surface area contributed by atoms with Gasteiger partial charge in [-0.2, -0.15) is 5.26 Å². The smallest absolute Gasteiger partial charge is 0.137 e. The van der Waals surface area contributed by atoms with Crippen LogP contribution in [0.1, 0.15) is 71.6 Å². The lowest BCUT2D eigenvalue weighted by atomic mass is 9.87. The summed E-state index contributed by atoms with van der Waals surface area (Å²) in [5, 5.41) is 9.06. The molecule has 1 saturated carbocycles. The van der Waals surface area contributed by atoms with Crippen LogP contribution in [0, 0.1) is 22.7 Å². The molecule has 0 N–H and O–H groups in total. The molecule has 1 saturated heterocycles. The lowest BCUT2D eigenvalue weighted by Gasteiger charge is -2.38. The average Bonchev–Trinajstić information content (AvgIpc) is 2.90. The van der Waals surface area contributed by atoms with Crippen molar-refractivity contribution in [3.05, 3.63) is 0 Å². The number of nitrogens with zero attached hydrogens (tertiary/aromatic N) is 2. The van der Waals surface area contributed by atoms with Crippen LogP contribution in [0.15, 0.2) is 0 Å². The Morgan fingerprint density at radius 3 is 2.71 bits per heavy atom. The monoisotopic (exact) mass is 290 g/mol. The molecule has 2 aliphatic rings.